The summed E-state index contributed by atoms with van der Waals surface area (Å²) >= 11 is 0. The fourth-order valence-electron chi connectivity index (χ4n) is 1.70. The van der Waals surface area contributed by atoms with E-state index in [1.165, 1.54) is 6.07 Å². The molecule has 1 N–H and O–H groups in total. The maximum Gasteiger partial charge on any atom is 0.338 e. The Morgan fingerprint density at radius 2 is 2.09 bits per heavy atom. The van der Waals surface area contributed by atoms with E-state index >= 15 is 0 Å². The fourth-order valence-corrected chi connectivity index (χ4v) is 1.70. The predicted molar refractivity (Wildman–Crippen MR) is 84.9 cm³/mol. The molecule has 1 rings (SSSR count). The number of nitriles is 1. The predicted octanol–water partition coefficient (Wildman–Crippen LogP) is 2.30. The second-order valence-electron chi connectivity index (χ2n) is 5.55. The van der Waals surface area contributed by atoms with E-state index < -0.39 is 17.4 Å². The Bertz CT molecular complexity index is 607. The third-order valence-corrected chi connectivity index (χ3v) is 3.50. The van der Waals surface area contributed by atoms with Gasteiger partial charge in [-0.2, -0.15) is 5.26 Å². The van der Waals surface area contributed by atoms with E-state index in [-0.39, 0.29) is 19.1 Å². The van der Waals surface area contributed by atoms with E-state index in [0.29, 0.717) is 11.3 Å². The van der Waals surface area contributed by atoms with Crippen LogP contribution in [0.5, 0.6) is 5.75 Å². The number of esters is 1. The molecular weight excluding hydrogens is 296 g/mol. The van der Waals surface area contributed by atoms with Crippen molar-refractivity contribution in [3.8, 4) is 11.8 Å². The number of amides is 1. The van der Waals surface area contributed by atoms with Gasteiger partial charge in [0.1, 0.15) is 11.3 Å². The first-order valence-corrected chi connectivity index (χ1v) is 7.44. The summed E-state index contributed by atoms with van der Waals surface area (Å²) in [5, 5.41) is 11.8. The molecule has 23 heavy (non-hydrogen) atoms. The summed E-state index contributed by atoms with van der Waals surface area (Å²) in [6, 6.07) is 8.50. The van der Waals surface area contributed by atoms with Gasteiger partial charge >= 0.3 is 5.97 Å². The van der Waals surface area contributed by atoms with Crippen molar-refractivity contribution in [1.82, 2.24) is 5.32 Å². The minimum atomic E-state index is -0.951. The Balaban J connectivity index is 2.65. The molecule has 0 aliphatic heterocycles. The van der Waals surface area contributed by atoms with E-state index in [1.807, 2.05) is 13.8 Å². The van der Waals surface area contributed by atoms with Gasteiger partial charge in [0.15, 0.2) is 6.61 Å². The van der Waals surface area contributed by atoms with Crippen molar-refractivity contribution in [2.45, 2.75) is 33.2 Å². The molecule has 6 nitrogen and oxygen atoms in total. The molecule has 0 fully saturated rings. The van der Waals surface area contributed by atoms with Gasteiger partial charge in [0.2, 0.25) is 0 Å². The van der Waals surface area contributed by atoms with Crippen LogP contribution in [-0.2, 0) is 9.53 Å². The van der Waals surface area contributed by atoms with Crippen molar-refractivity contribution >= 4 is 11.9 Å². The number of nitrogens with zero attached hydrogens (tertiary/aromatic N) is 1. The summed E-state index contributed by atoms with van der Waals surface area (Å²) < 4.78 is 10.3. The fraction of sp³-hybridized carbons (Fsp3) is 0.471. The van der Waals surface area contributed by atoms with Gasteiger partial charge in [-0.1, -0.05) is 19.9 Å². The number of rotatable bonds is 7. The molecule has 0 aliphatic carbocycles. The molecule has 0 radical (unpaired) electrons. The standard InChI is InChI=1S/C17H22N2O4/c1-5-22-16(21)13-7-6-8-14(9-13)23-10-15(20)19-17(4,11-18)12(2)3/h6-9,12H,5,10H2,1-4H3,(H,19,20)/t17-/m1/s1. The largest absolute Gasteiger partial charge is 0.484 e. The highest BCUT2D eigenvalue weighted by molar-refractivity contribution is 5.89. The molecule has 0 saturated carbocycles. The zero-order valence-corrected chi connectivity index (χ0v) is 13.9. The van der Waals surface area contributed by atoms with Gasteiger partial charge in [-0.25, -0.2) is 4.79 Å². The molecule has 124 valence electrons. The summed E-state index contributed by atoms with van der Waals surface area (Å²) in [5.74, 6) is -0.499. The molecule has 0 unspecified atom stereocenters. The zero-order valence-electron chi connectivity index (χ0n) is 13.9. The van der Waals surface area contributed by atoms with Crippen LogP contribution in [0.2, 0.25) is 0 Å². The molecule has 6 heteroatoms. The lowest BCUT2D eigenvalue weighted by Crippen LogP contribution is -2.50. The van der Waals surface area contributed by atoms with Gasteiger partial charge in [-0.3, -0.25) is 4.79 Å². The molecule has 1 aromatic carbocycles. The number of hydrogen-bond acceptors (Lipinski definition) is 5. The normalized spacial score (nSPS) is 12.9. The maximum atomic E-state index is 11.9. The Labute approximate surface area is 136 Å². The average Bonchev–Trinajstić information content (AvgIpc) is 2.53. The van der Waals surface area contributed by atoms with Crippen molar-refractivity contribution in [2.75, 3.05) is 13.2 Å². The highest BCUT2D eigenvalue weighted by Crippen LogP contribution is 2.16. The van der Waals surface area contributed by atoms with Gasteiger partial charge in [0, 0.05) is 0 Å². The van der Waals surface area contributed by atoms with E-state index in [9.17, 15) is 14.9 Å². The Morgan fingerprint density at radius 3 is 2.65 bits per heavy atom. The molecule has 1 aromatic rings. The highest BCUT2D eigenvalue weighted by Gasteiger charge is 2.30. The van der Waals surface area contributed by atoms with Crippen molar-refractivity contribution < 1.29 is 19.1 Å². The number of hydrogen-bond donors (Lipinski definition) is 1. The Hall–Kier alpha value is -2.55. The van der Waals surface area contributed by atoms with Crippen LogP contribution in [0, 0.1) is 17.2 Å². The lowest BCUT2D eigenvalue weighted by atomic mass is 9.90. The zero-order chi connectivity index (χ0) is 17.5. The number of benzene rings is 1. The van der Waals surface area contributed by atoms with E-state index in [1.54, 1.807) is 32.0 Å². The second kappa shape index (κ2) is 8.18. The number of carbonyl (C=O) groups is 2. The lowest BCUT2D eigenvalue weighted by molar-refractivity contribution is -0.124. The van der Waals surface area contributed by atoms with Crippen molar-refractivity contribution in [3.63, 3.8) is 0 Å². The molecule has 1 atom stereocenters. The minimum Gasteiger partial charge on any atom is -0.484 e. The van der Waals surface area contributed by atoms with E-state index in [0.717, 1.165) is 0 Å². The molecule has 1 amide bonds. The van der Waals surface area contributed by atoms with Gasteiger partial charge in [0.25, 0.3) is 5.91 Å². The van der Waals surface area contributed by atoms with Crippen LogP contribution in [0.15, 0.2) is 24.3 Å². The van der Waals surface area contributed by atoms with Crippen molar-refractivity contribution in [1.29, 1.82) is 5.26 Å². The molecule has 0 heterocycles. The molecule has 0 spiro atoms. The summed E-state index contributed by atoms with van der Waals surface area (Å²) in [5.41, 5.74) is -0.596. The maximum absolute atomic E-state index is 11.9. The molecular formula is C17H22N2O4. The first-order chi connectivity index (χ1) is 10.8. The van der Waals surface area contributed by atoms with Crippen molar-refractivity contribution in [3.05, 3.63) is 29.8 Å². The van der Waals surface area contributed by atoms with Crippen LogP contribution in [0.1, 0.15) is 38.1 Å². The summed E-state index contributed by atoms with van der Waals surface area (Å²) in [6.45, 7) is 7.14. The second-order valence-corrected chi connectivity index (χ2v) is 5.55. The van der Waals surface area contributed by atoms with E-state index in [4.69, 9.17) is 9.47 Å². The Morgan fingerprint density at radius 1 is 1.39 bits per heavy atom. The molecule has 0 aromatic heterocycles. The molecule has 0 aliphatic rings. The van der Waals surface area contributed by atoms with Crippen LogP contribution in [0.3, 0.4) is 0 Å². The Kier molecular flexibility index (Phi) is 6.58. The first-order valence-electron chi connectivity index (χ1n) is 7.44. The monoisotopic (exact) mass is 318 g/mol. The SMILES string of the molecule is CCOC(=O)c1cccc(OCC(=O)N[C@](C)(C#N)C(C)C)c1. The van der Waals surface area contributed by atoms with Crippen LogP contribution in [-0.4, -0.2) is 30.6 Å². The average molecular weight is 318 g/mol. The summed E-state index contributed by atoms with van der Waals surface area (Å²) in [4.78, 5) is 23.6. The quantitative estimate of drug-likeness (QED) is 0.779. The summed E-state index contributed by atoms with van der Waals surface area (Å²) in [6.07, 6.45) is 0. The number of ether oxygens (including phenoxy) is 2. The highest BCUT2D eigenvalue weighted by atomic mass is 16.5. The van der Waals surface area contributed by atoms with Crippen LogP contribution >= 0.6 is 0 Å². The smallest absolute Gasteiger partial charge is 0.338 e. The van der Waals surface area contributed by atoms with E-state index in [2.05, 4.69) is 11.4 Å². The van der Waals surface area contributed by atoms with Crippen molar-refractivity contribution in [2.24, 2.45) is 5.92 Å². The summed E-state index contributed by atoms with van der Waals surface area (Å²) in [7, 11) is 0. The lowest BCUT2D eigenvalue weighted by Gasteiger charge is -2.27. The topological polar surface area (TPSA) is 88.4 Å². The van der Waals surface area contributed by atoms with Gasteiger partial charge in [0.05, 0.1) is 18.2 Å². The van der Waals surface area contributed by atoms with Gasteiger partial charge in [-0.15, -0.1) is 0 Å². The van der Waals surface area contributed by atoms with Gasteiger partial charge in [-0.05, 0) is 38.0 Å². The van der Waals surface area contributed by atoms with Crippen LogP contribution in [0.25, 0.3) is 0 Å². The van der Waals surface area contributed by atoms with Gasteiger partial charge < -0.3 is 14.8 Å². The number of nitrogens with one attached hydrogen (secondary N) is 1. The molecule has 0 saturated heterocycles. The van der Waals surface area contributed by atoms with Crippen LogP contribution in [0.4, 0.5) is 0 Å². The third kappa shape index (κ3) is 5.29. The van der Waals surface area contributed by atoms with Crippen LogP contribution < -0.4 is 10.1 Å². The first kappa shape index (κ1) is 18.5. The minimum absolute atomic E-state index is 0.0383. The molecule has 0 bridgehead atoms. The number of carbonyl (C=O) groups excluding carboxylic acids is 2. The third-order valence-electron chi connectivity index (χ3n) is 3.50.